The standard InChI is InChI=1S/C26H42N4O4S.CH2O2/c1-20-19-22(6-7-24(20)34-25(5-3-17-31)26(32)28-2)21-8-13-29(14-9-21)12-4-18-35(33)30-15-10-23(27)11-16-30;2-1-3/h6-7,17,19,21,23,25H,3-5,8-16,18,27H2,1-2H3,(H,28,32);1H,(H,2,3). The molecule has 3 rings (SSSR count). The summed E-state index contributed by atoms with van der Waals surface area (Å²) in [4.78, 5) is 33.7. The van der Waals surface area contributed by atoms with Crippen molar-refractivity contribution in [1.29, 1.82) is 0 Å². The lowest BCUT2D eigenvalue weighted by Gasteiger charge is -2.33. The number of ether oxygens (including phenoxy) is 1. The van der Waals surface area contributed by atoms with Gasteiger partial charge in [-0.05, 0) is 81.8 Å². The molecule has 2 aliphatic heterocycles. The fourth-order valence-electron chi connectivity index (χ4n) is 4.95. The van der Waals surface area contributed by atoms with Gasteiger partial charge in [-0.25, -0.2) is 8.51 Å². The molecule has 2 aliphatic rings. The van der Waals surface area contributed by atoms with Crippen LogP contribution < -0.4 is 15.8 Å². The normalized spacial score (nSPS) is 19.0. The summed E-state index contributed by atoms with van der Waals surface area (Å²) in [6, 6.07) is 6.50. The Morgan fingerprint density at radius 2 is 1.87 bits per heavy atom. The third-order valence-corrected chi connectivity index (χ3v) is 8.77. The number of aryl methyl sites for hydroxylation is 1. The highest BCUT2D eigenvalue weighted by atomic mass is 32.2. The molecule has 4 N–H and O–H groups in total. The predicted molar refractivity (Wildman–Crippen MR) is 148 cm³/mol. The Hall–Kier alpha value is -2.34. The zero-order chi connectivity index (χ0) is 27.9. The van der Waals surface area contributed by atoms with Crippen LogP contribution in [-0.2, 0) is 25.4 Å². The minimum absolute atomic E-state index is 0.216. The van der Waals surface area contributed by atoms with Crippen LogP contribution in [0.1, 0.15) is 62.0 Å². The van der Waals surface area contributed by atoms with Crippen molar-refractivity contribution in [3.8, 4) is 5.75 Å². The molecular formula is C27H44N4O6S. The lowest BCUT2D eigenvalue weighted by atomic mass is 9.88. The number of benzene rings is 1. The van der Waals surface area contributed by atoms with E-state index in [2.05, 4.69) is 26.7 Å². The van der Waals surface area contributed by atoms with Gasteiger partial charge in [0.25, 0.3) is 12.4 Å². The molecule has 1 amide bonds. The van der Waals surface area contributed by atoms with E-state index in [0.717, 1.165) is 82.4 Å². The second-order valence-electron chi connectivity index (χ2n) is 9.86. The fraction of sp³-hybridized carbons (Fsp3) is 0.667. The molecule has 0 bridgehead atoms. The van der Waals surface area contributed by atoms with Gasteiger partial charge in [0.2, 0.25) is 0 Å². The van der Waals surface area contributed by atoms with Crippen molar-refractivity contribution in [2.45, 2.75) is 69.9 Å². The number of rotatable bonds is 12. The van der Waals surface area contributed by atoms with E-state index in [-0.39, 0.29) is 24.8 Å². The monoisotopic (exact) mass is 552 g/mol. The Morgan fingerprint density at radius 3 is 2.45 bits per heavy atom. The number of likely N-dealkylation sites (tertiary alicyclic amines) is 1. The Balaban J connectivity index is 0.00000161. The molecule has 1 aromatic rings. The molecule has 10 nitrogen and oxygen atoms in total. The summed E-state index contributed by atoms with van der Waals surface area (Å²) >= 11 is 0. The molecule has 0 aliphatic carbocycles. The summed E-state index contributed by atoms with van der Waals surface area (Å²) < 4.78 is 20.6. The van der Waals surface area contributed by atoms with Gasteiger partial charge < -0.3 is 30.6 Å². The third kappa shape index (κ3) is 10.4. The fourth-order valence-corrected chi connectivity index (χ4v) is 6.20. The molecule has 11 heteroatoms. The average molecular weight is 553 g/mol. The number of aldehydes is 1. The summed E-state index contributed by atoms with van der Waals surface area (Å²) in [5.41, 5.74) is 8.27. The van der Waals surface area contributed by atoms with Crippen LogP contribution in [0.4, 0.5) is 0 Å². The molecule has 38 heavy (non-hydrogen) atoms. The van der Waals surface area contributed by atoms with Gasteiger partial charge in [0.15, 0.2) is 6.10 Å². The lowest BCUT2D eigenvalue weighted by Crippen LogP contribution is -2.41. The number of nitrogens with one attached hydrogen (secondary N) is 1. The Bertz CT molecular complexity index is 902. The van der Waals surface area contributed by atoms with Gasteiger partial charge in [-0.3, -0.25) is 9.59 Å². The number of carbonyl (C=O) groups is 3. The van der Waals surface area contributed by atoms with E-state index in [0.29, 0.717) is 18.1 Å². The molecule has 2 atom stereocenters. The van der Waals surface area contributed by atoms with E-state index in [4.69, 9.17) is 20.4 Å². The molecule has 2 saturated heterocycles. The lowest BCUT2D eigenvalue weighted by molar-refractivity contribution is -0.128. The molecule has 214 valence electrons. The van der Waals surface area contributed by atoms with E-state index < -0.39 is 17.1 Å². The van der Waals surface area contributed by atoms with Gasteiger partial charge in [-0.1, -0.05) is 12.1 Å². The highest BCUT2D eigenvalue weighted by molar-refractivity contribution is 7.82. The van der Waals surface area contributed by atoms with Crippen LogP contribution in [0.15, 0.2) is 18.2 Å². The number of carboxylic acid groups (broad SMARTS) is 1. The van der Waals surface area contributed by atoms with E-state index in [1.54, 1.807) is 7.05 Å². The minimum Gasteiger partial charge on any atom is -0.483 e. The third-order valence-electron chi connectivity index (χ3n) is 7.19. The zero-order valence-electron chi connectivity index (χ0n) is 22.7. The number of hydrogen-bond donors (Lipinski definition) is 3. The van der Waals surface area contributed by atoms with Gasteiger partial charge in [0.1, 0.15) is 12.0 Å². The molecule has 0 saturated carbocycles. The number of carbonyl (C=O) groups excluding carboxylic acids is 2. The summed E-state index contributed by atoms with van der Waals surface area (Å²) in [5.74, 6) is 1.72. The van der Waals surface area contributed by atoms with Gasteiger partial charge in [0, 0.05) is 44.8 Å². The number of piperidine rings is 2. The van der Waals surface area contributed by atoms with Crippen LogP contribution >= 0.6 is 0 Å². The number of nitrogens with two attached hydrogens (primary N) is 1. The quantitative estimate of drug-likeness (QED) is 0.334. The number of amides is 1. The first kappa shape index (κ1) is 31.9. The minimum atomic E-state index is -0.881. The van der Waals surface area contributed by atoms with Crippen LogP contribution in [0.2, 0.25) is 0 Å². The van der Waals surface area contributed by atoms with Crippen LogP contribution in [0.5, 0.6) is 5.75 Å². The average Bonchev–Trinajstić information content (AvgIpc) is 2.92. The second kappa shape index (κ2) is 17.3. The molecule has 1 aromatic carbocycles. The van der Waals surface area contributed by atoms with Crippen LogP contribution in [0, 0.1) is 6.92 Å². The molecule has 0 aromatic heterocycles. The zero-order valence-corrected chi connectivity index (χ0v) is 23.5. The Kier molecular flexibility index (Phi) is 14.5. The largest absolute Gasteiger partial charge is 0.483 e. The smallest absolute Gasteiger partial charge is 0.290 e. The van der Waals surface area contributed by atoms with E-state index in [1.165, 1.54) is 5.56 Å². The van der Waals surface area contributed by atoms with Crippen molar-refractivity contribution in [2.24, 2.45) is 5.73 Å². The maximum absolute atomic E-state index is 12.5. The van der Waals surface area contributed by atoms with Gasteiger partial charge in [0.05, 0.1) is 11.0 Å². The van der Waals surface area contributed by atoms with Crippen LogP contribution in [-0.4, -0.2) is 94.9 Å². The molecule has 0 spiro atoms. The molecular weight excluding hydrogens is 508 g/mol. The van der Waals surface area contributed by atoms with E-state index in [9.17, 15) is 13.8 Å². The van der Waals surface area contributed by atoms with Crippen molar-refractivity contribution in [2.75, 3.05) is 45.5 Å². The van der Waals surface area contributed by atoms with Gasteiger partial charge in [-0.2, -0.15) is 0 Å². The van der Waals surface area contributed by atoms with E-state index in [1.807, 2.05) is 13.0 Å². The van der Waals surface area contributed by atoms with Crippen molar-refractivity contribution in [1.82, 2.24) is 14.5 Å². The number of likely N-dealkylation sites (N-methyl/N-ethyl adjacent to an activating group) is 1. The molecule has 2 heterocycles. The highest BCUT2D eigenvalue weighted by Gasteiger charge is 2.24. The van der Waals surface area contributed by atoms with Crippen molar-refractivity contribution in [3.05, 3.63) is 29.3 Å². The topological polar surface area (TPSA) is 142 Å². The van der Waals surface area contributed by atoms with Crippen LogP contribution in [0.3, 0.4) is 0 Å². The first-order valence-corrected chi connectivity index (χ1v) is 14.7. The van der Waals surface area contributed by atoms with Gasteiger partial charge >= 0.3 is 0 Å². The number of nitrogens with zero attached hydrogens (tertiary/aromatic N) is 2. The van der Waals surface area contributed by atoms with E-state index >= 15 is 0 Å². The predicted octanol–water partition coefficient (Wildman–Crippen LogP) is 1.82. The summed E-state index contributed by atoms with van der Waals surface area (Å²) in [6.45, 7) is 6.57. The highest BCUT2D eigenvalue weighted by Crippen LogP contribution is 2.31. The number of hydrogen-bond acceptors (Lipinski definition) is 7. The molecule has 2 unspecified atom stereocenters. The molecule has 2 fully saturated rings. The Morgan fingerprint density at radius 1 is 1.21 bits per heavy atom. The van der Waals surface area contributed by atoms with Crippen molar-refractivity contribution >= 4 is 29.7 Å². The van der Waals surface area contributed by atoms with Crippen molar-refractivity contribution in [3.63, 3.8) is 0 Å². The Labute approximate surface area is 228 Å². The second-order valence-corrected chi connectivity index (χ2v) is 11.4. The maximum Gasteiger partial charge on any atom is 0.290 e. The summed E-state index contributed by atoms with van der Waals surface area (Å²) in [6.07, 6.45) is 5.85. The first-order valence-electron chi connectivity index (χ1n) is 13.4. The van der Waals surface area contributed by atoms with Crippen molar-refractivity contribution < 1.29 is 28.4 Å². The molecule has 0 radical (unpaired) electrons. The summed E-state index contributed by atoms with van der Waals surface area (Å²) in [5, 5.41) is 9.50. The van der Waals surface area contributed by atoms with Gasteiger partial charge in [-0.15, -0.1) is 0 Å². The SMILES string of the molecule is CNC(=O)C(CCC=O)Oc1ccc(C2CCN(CCCS(=O)N3CCC(N)CC3)CC2)cc1C.O=CO. The summed E-state index contributed by atoms with van der Waals surface area (Å²) in [7, 11) is 0.695. The first-order chi connectivity index (χ1) is 18.3. The maximum atomic E-state index is 12.5. The van der Waals surface area contributed by atoms with Crippen LogP contribution in [0.25, 0.3) is 0 Å².